The van der Waals surface area contributed by atoms with E-state index in [4.69, 9.17) is 4.74 Å². The summed E-state index contributed by atoms with van der Waals surface area (Å²) in [5.41, 5.74) is 0.826. The van der Waals surface area contributed by atoms with Crippen LogP contribution < -0.4 is 0 Å². The quantitative estimate of drug-likeness (QED) is 0.417. The third-order valence-electron chi connectivity index (χ3n) is 7.04. The average molecular weight is 511 g/mol. The van der Waals surface area contributed by atoms with Crippen LogP contribution in [0.5, 0.6) is 0 Å². The van der Waals surface area contributed by atoms with Gasteiger partial charge in [-0.3, -0.25) is 0 Å². The van der Waals surface area contributed by atoms with E-state index in [1.165, 1.54) is 24.3 Å². The van der Waals surface area contributed by atoms with Crippen molar-refractivity contribution in [1.82, 2.24) is 0 Å². The third-order valence-corrected chi connectivity index (χ3v) is 12.7. The number of rotatable bonds is 7. The van der Waals surface area contributed by atoms with E-state index in [1.54, 1.807) is 43.5 Å². The smallest absolute Gasteiger partial charge is 0.199 e. The Bertz CT molecular complexity index is 1340. The van der Waals surface area contributed by atoms with Crippen LogP contribution in [0.15, 0.2) is 106 Å². The molecule has 0 radical (unpaired) electrons. The van der Waals surface area contributed by atoms with Crippen LogP contribution in [-0.2, 0) is 24.4 Å². The van der Waals surface area contributed by atoms with E-state index < -0.39 is 35.3 Å². The van der Waals surface area contributed by atoms with Crippen LogP contribution in [0.2, 0.25) is 0 Å². The zero-order valence-corrected chi connectivity index (χ0v) is 21.7. The van der Waals surface area contributed by atoms with Crippen molar-refractivity contribution in [3.63, 3.8) is 0 Å². The van der Waals surface area contributed by atoms with Gasteiger partial charge in [-0.2, -0.15) is 0 Å². The largest absolute Gasteiger partial charge is 0.378 e. The van der Waals surface area contributed by atoms with E-state index >= 15 is 0 Å². The van der Waals surface area contributed by atoms with Crippen LogP contribution >= 0.6 is 0 Å². The number of ether oxygens (including phenoxy) is 1. The highest BCUT2D eigenvalue weighted by Crippen LogP contribution is 2.55. The van der Waals surface area contributed by atoms with Gasteiger partial charge < -0.3 is 4.74 Å². The Kier molecular flexibility index (Phi) is 6.79. The van der Waals surface area contributed by atoms with Crippen LogP contribution in [0, 0.1) is 5.92 Å². The predicted octanol–water partition coefficient (Wildman–Crippen LogP) is 5.55. The van der Waals surface area contributed by atoms with Crippen molar-refractivity contribution in [1.29, 1.82) is 0 Å². The fourth-order valence-corrected chi connectivity index (χ4v) is 9.99. The maximum Gasteiger partial charge on any atom is 0.199 e. The van der Waals surface area contributed by atoms with Gasteiger partial charge >= 0.3 is 0 Å². The first kappa shape index (κ1) is 25.4. The summed E-state index contributed by atoms with van der Waals surface area (Å²) in [7, 11) is -7.07. The molecule has 1 fully saturated rings. The molecule has 0 heterocycles. The van der Waals surface area contributed by atoms with Crippen molar-refractivity contribution >= 4 is 25.8 Å². The molecule has 0 N–H and O–H groups in total. The first-order valence-corrected chi connectivity index (χ1v) is 14.4. The number of hydrogen-bond acceptors (Lipinski definition) is 5. The van der Waals surface area contributed by atoms with Gasteiger partial charge in [-0.1, -0.05) is 78.4 Å². The summed E-state index contributed by atoms with van der Waals surface area (Å²) < 4.78 is 60.9. The lowest BCUT2D eigenvalue weighted by Crippen LogP contribution is -2.45. The van der Waals surface area contributed by atoms with Crippen molar-refractivity contribution < 1.29 is 21.6 Å². The van der Waals surface area contributed by atoms with Gasteiger partial charge in [0, 0.05) is 19.4 Å². The summed E-state index contributed by atoms with van der Waals surface area (Å²) in [5, 5.41) is 0. The Hall–Kier alpha value is -2.74. The molecular formula is C28H30O5S2. The molecule has 1 aliphatic carbocycles. The topological polar surface area (TPSA) is 77.5 Å². The lowest BCUT2D eigenvalue weighted by atomic mass is 9.85. The van der Waals surface area contributed by atoms with E-state index in [1.807, 2.05) is 50.3 Å². The number of methoxy groups -OCH3 is 1. The second-order valence-electron chi connectivity index (χ2n) is 9.41. The summed E-state index contributed by atoms with van der Waals surface area (Å²) >= 11 is 0. The molecule has 1 saturated carbocycles. The van der Waals surface area contributed by atoms with Crippen molar-refractivity contribution in [2.45, 2.75) is 46.2 Å². The second kappa shape index (κ2) is 9.37. The molecule has 0 saturated heterocycles. The van der Waals surface area contributed by atoms with E-state index in [-0.39, 0.29) is 22.6 Å². The lowest BCUT2D eigenvalue weighted by Gasteiger charge is -2.33. The molecule has 0 aromatic heterocycles. The maximum atomic E-state index is 14.3. The van der Waals surface area contributed by atoms with E-state index in [0.717, 1.165) is 11.1 Å². The van der Waals surface area contributed by atoms with Crippen molar-refractivity contribution in [3.8, 4) is 0 Å². The first-order chi connectivity index (χ1) is 16.5. The molecule has 0 spiro atoms. The molecular weight excluding hydrogens is 480 g/mol. The molecule has 184 valence electrons. The number of hydrogen-bond donors (Lipinski definition) is 0. The molecule has 0 bridgehead atoms. The van der Waals surface area contributed by atoms with Gasteiger partial charge in [-0.25, -0.2) is 16.8 Å². The van der Waals surface area contributed by atoms with E-state index in [2.05, 4.69) is 0 Å². The predicted molar refractivity (Wildman–Crippen MR) is 138 cm³/mol. The van der Waals surface area contributed by atoms with Gasteiger partial charge in [-0.05, 0) is 50.1 Å². The second-order valence-corrected chi connectivity index (χ2v) is 14.2. The third kappa shape index (κ3) is 4.37. The normalized spacial score (nSPS) is 19.6. The Morgan fingerprint density at radius 1 is 0.771 bits per heavy atom. The standard InChI is InChI=1S/C28H30O5S2/c1-27(2,33-3)26-21-28(34(29,30)24-15-9-5-10-16-24,35(31,32)25-17-11-6-12-18-25)20-23(26)19-22-13-7-4-8-14-22/h4-19,26H,20-21H2,1-3H3/b23-19-. The molecule has 3 aromatic carbocycles. The van der Waals surface area contributed by atoms with Crippen LogP contribution in [0.1, 0.15) is 32.3 Å². The van der Waals surface area contributed by atoms with Crippen molar-refractivity contribution in [2.75, 3.05) is 7.11 Å². The lowest BCUT2D eigenvalue weighted by molar-refractivity contribution is -0.0138. The molecule has 35 heavy (non-hydrogen) atoms. The van der Waals surface area contributed by atoms with Gasteiger partial charge in [0.2, 0.25) is 0 Å². The summed E-state index contributed by atoms with van der Waals surface area (Å²) in [6.45, 7) is 3.74. The van der Waals surface area contributed by atoms with Gasteiger partial charge in [-0.15, -0.1) is 0 Å². The monoisotopic (exact) mass is 510 g/mol. The molecule has 0 amide bonds. The zero-order chi connectivity index (χ0) is 25.3. The molecule has 1 atom stereocenters. The molecule has 4 rings (SSSR count). The van der Waals surface area contributed by atoms with Crippen LogP contribution in [-0.4, -0.2) is 33.6 Å². The first-order valence-electron chi connectivity index (χ1n) is 11.5. The molecule has 1 unspecified atom stereocenters. The highest BCUT2D eigenvalue weighted by Gasteiger charge is 2.63. The molecule has 5 nitrogen and oxygen atoms in total. The summed E-state index contributed by atoms with van der Waals surface area (Å²) in [6, 6.07) is 25.3. The van der Waals surface area contributed by atoms with E-state index in [0.29, 0.717) is 0 Å². The average Bonchev–Trinajstić information content (AvgIpc) is 3.28. The van der Waals surface area contributed by atoms with Crippen molar-refractivity contribution in [2.24, 2.45) is 5.92 Å². The van der Waals surface area contributed by atoms with Gasteiger partial charge in [0.25, 0.3) is 0 Å². The summed E-state index contributed by atoms with van der Waals surface area (Å²) in [6.07, 6.45) is 1.66. The highest BCUT2D eigenvalue weighted by atomic mass is 32.3. The molecule has 0 aliphatic heterocycles. The van der Waals surface area contributed by atoms with Gasteiger partial charge in [0.15, 0.2) is 23.8 Å². The van der Waals surface area contributed by atoms with Crippen molar-refractivity contribution in [3.05, 3.63) is 102 Å². The Morgan fingerprint density at radius 2 is 1.20 bits per heavy atom. The van der Waals surface area contributed by atoms with Crippen LogP contribution in [0.25, 0.3) is 6.08 Å². The molecule has 3 aromatic rings. The fourth-order valence-electron chi connectivity index (χ4n) is 4.88. The van der Waals surface area contributed by atoms with E-state index in [9.17, 15) is 16.8 Å². The van der Waals surface area contributed by atoms with Gasteiger partial charge in [0.05, 0.1) is 15.4 Å². The maximum absolute atomic E-state index is 14.3. The van der Waals surface area contributed by atoms with Gasteiger partial charge in [0.1, 0.15) is 0 Å². The Labute approximate surface area is 208 Å². The fraction of sp³-hybridized carbons (Fsp3) is 0.286. The minimum absolute atomic E-state index is 0.00515. The summed E-state index contributed by atoms with van der Waals surface area (Å²) in [4.78, 5) is -0.0103. The highest BCUT2D eigenvalue weighted by molar-refractivity contribution is 8.10. The van der Waals surface area contributed by atoms with Crippen LogP contribution in [0.3, 0.4) is 0 Å². The Balaban J connectivity index is 2.01. The minimum Gasteiger partial charge on any atom is -0.378 e. The summed E-state index contributed by atoms with van der Waals surface area (Å²) in [5.74, 6) is -0.440. The Morgan fingerprint density at radius 3 is 1.63 bits per heavy atom. The number of sulfone groups is 2. The SMILES string of the molecule is COC(C)(C)C1CC(S(=O)(=O)c2ccccc2)(S(=O)(=O)c2ccccc2)C/C1=C/c1ccccc1. The minimum atomic E-state index is -4.32. The zero-order valence-electron chi connectivity index (χ0n) is 20.1. The van der Waals surface area contributed by atoms with Crippen LogP contribution in [0.4, 0.5) is 0 Å². The molecule has 7 heteroatoms. The molecule has 1 aliphatic rings. The number of benzene rings is 3.